The molecular weight excluding hydrogens is 178 g/mol. The largest absolute Gasteiger partial charge is 0.348 e. The monoisotopic (exact) mass is 193 g/mol. The van der Waals surface area contributed by atoms with Crippen LogP contribution in [0.3, 0.4) is 0 Å². The van der Waals surface area contributed by atoms with Crippen molar-refractivity contribution in [1.82, 2.24) is 25.1 Å². The second-order valence-electron chi connectivity index (χ2n) is 2.62. The lowest BCUT2D eigenvalue weighted by molar-refractivity contribution is 1.04. The molecule has 5 heteroatoms. The first-order valence-corrected chi connectivity index (χ1v) is 4.66. The van der Waals surface area contributed by atoms with Crippen LogP contribution >= 0.6 is 0 Å². The van der Waals surface area contributed by atoms with Crippen molar-refractivity contribution >= 4 is 0 Å². The number of H-pyrrole nitrogens is 2. The summed E-state index contributed by atoms with van der Waals surface area (Å²) in [6.07, 6.45) is 1.64. The summed E-state index contributed by atoms with van der Waals surface area (Å²) in [5.41, 5.74) is 1.79. The molecule has 2 aromatic heterocycles. The topological polar surface area (TPSA) is 70.2 Å². The second-order valence-corrected chi connectivity index (χ2v) is 2.62. The zero-order chi connectivity index (χ0) is 10.6. The first-order chi connectivity index (χ1) is 6.77. The molecule has 76 valence electrons. The summed E-state index contributed by atoms with van der Waals surface area (Å²) in [7, 11) is 0. The molecule has 0 unspecified atom stereocenters. The van der Waals surface area contributed by atoms with E-state index in [9.17, 15) is 0 Å². The third-order valence-electron chi connectivity index (χ3n) is 1.64. The lowest BCUT2D eigenvalue weighted by Gasteiger charge is -1.87. The van der Waals surface area contributed by atoms with Gasteiger partial charge in [-0.2, -0.15) is 5.10 Å². The summed E-state index contributed by atoms with van der Waals surface area (Å²) in [6, 6.07) is 0. The van der Waals surface area contributed by atoms with E-state index in [1.54, 1.807) is 6.33 Å². The van der Waals surface area contributed by atoms with Crippen molar-refractivity contribution in [2.24, 2.45) is 0 Å². The number of aromatic amines is 2. The minimum atomic E-state index is 0.645. The van der Waals surface area contributed by atoms with Crippen LogP contribution in [0.5, 0.6) is 0 Å². The third kappa shape index (κ3) is 1.99. The van der Waals surface area contributed by atoms with Gasteiger partial charge in [0.05, 0.1) is 6.33 Å². The molecule has 0 saturated heterocycles. The molecule has 0 spiro atoms. The number of aryl methyl sites for hydroxylation is 2. The third-order valence-corrected chi connectivity index (χ3v) is 1.64. The van der Waals surface area contributed by atoms with Crippen molar-refractivity contribution in [3.05, 3.63) is 17.8 Å². The average Bonchev–Trinajstić information content (AvgIpc) is 2.78. The number of nitrogens with zero attached hydrogens (tertiary/aromatic N) is 3. The summed E-state index contributed by atoms with van der Waals surface area (Å²) < 4.78 is 0. The Labute approximate surface area is 83.0 Å². The van der Waals surface area contributed by atoms with Gasteiger partial charge in [-0.1, -0.05) is 13.8 Å². The van der Waals surface area contributed by atoms with Gasteiger partial charge >= 0.3 is 0 Å². The van der Waals surface area contributed by atoms with Crippen molar-refractivity contribution in [2.45, 2.75) is 27.7 Å². The Hall–Kier alpha value is -1.65. The Morgan fingerprint density at radius 3 is 2.36 bits per heavy atom. The molecule has 0 amide bonds. The van der Waals surface area contributed by atoms with E-state index in [4.69, 9.17) is 0 Å². The van der Waals surface area contributed by atoms with Crippen LogP contribution in [0.15, 0.2) is 6.33 Å². The van der Waals surface area contributed by atoms with E-state index in [0.29, 0.717) is 5.82 Å². The van der Waals surface area contributed by atoms with E-state index in [1.807, 2.05) is 27.7 Å². The molecule has 0 radical (unpaired) electrons. The molecule has 0 aliphatic carbocycles. The first-order valence-electron chi connectivity index (χ1n) is 4.66. The Balaban J connectivity index is 0.000000461. The fourth-order valence-electron chi connectivity index (χ4n) is 1.03. The van der Waals surface area contributed by atoms with Crippen molar-refractivity contribution < 1.29 is 0 Å². The Morgan fingerprint density at radius 2 is 1.93 bits per heavy atom. The van der Waals surface area contributed by atoms with Crippen LogP contribution in [0, 0.1) is 13.8 Å². The fraction of sp³-hybridized carbons (Fsp3) is 0.444. The molecule has 0 aliphatic rings. The molecule has 5 nitrogen and oxygen atoms in total. The van der Waals surface area contributed by atoms with Gasteiger partial charge in [-0.15, -0.1) is 0 Å². The molecule has 2 heterocycles. The summed E-state index contributed by atoms with van der Waals surface area (Å²) in [5, 5.41) is 6.77. The number of imidazole rings is 1. The molecule has 2 rings (SSSR count). The number of hydrogen-bond acceptors (Lipinski definition) is 3. The van der Waals surface area contributed by atoms with E-state index >= 15 is 0 Å². The fourth-order valence-corrected chi connectivity index (χ4v) is 1.03. The van der Waals surface area contributed by atoms with Crippen LogP contribution in [0.2, 0.25) is 0 Å². The normalized spacial score (nSPS) is 9.43. The van der Waals surface area contributed by atoms with Crippen molar-refractivity contribution in [1.29, 1.82) is 0 Å². The van der Waals surface area contributed by atoms with Crippen LogP contribution in [0.25, 0.3) is 11.5 Å². The Kier molecular flexibility index (Phi) is 3.39. The van der Waals surface area contributed by atoms with Gasteiger partial charge in [0.2, 0.25) is 5.82 Å². The molecule has 2 N–H and O–H groups in total. The van der Waals surface area contributed by atoms with Crippen LogP contribution < -0.4 is 0 Å². The summed E-state index contributed by atoms with van der Waals surface area (Å²) in [4.78, 5) is 11.2. The van der Waals surface area contributed by atoms with Gasteiger partial charge in [0, 0.05) is 5.69 Å². The lowest BCUT2D eigenvalue weighted by atomic mass is 10.3. The van der Waals surface area contributed by atoms with Gasteiger partial charge in [0.1, 0.15) is 11.5 Å². The van der Waals surface area contributed by atoms with Gasteiger partial charge in [-0.05, 0) is 13.8 Å². The summed E-state index contributed by atoms with van der Waals surface area (Å²) >= 11 is 0. The number of rotatable bonds is 1. The van der Waals surface area contributed by atoms with E-state index in [2.05, 4.69) is 25.1 Å². The van der Waals surface area contributed by atoms with Crippen LogP contribution in [-0.2, 0) is 0 Å². The molecule has 0 fully saturated rings. The Morgan fingerprint density at radius 1 is 1.21 bits per heavy atom. The highest BCUT2D eigenvalue weighted by atomic mass is 15.2. The van der Waals surface area contributed by atoms with E-state index in [0.717, 1.165) is 17.2 Å². The average molecular weight is 193 g/mol. The minimum absolute atomic E-state index is 0.645. The quantitative estimate of drug-likeness (QED) is 0.726. The van der Waals surface area contributed by atoms with E-state index in [1.165, 1.54) is 0 Å². The molecule has 0 saturated carbocycles. The predicted molar refractivity (Wildman–Crippen MR) is 54.8 cm³/mol. The van der Waals surface area contributed by atoms with Crippen LogP contribution in [-0.4, -0.2) is 25.1 Å². The maximum Gasteiger partial charge on any atom is 0.201 e. The first kappa shape index (κ1) is 10.4. The van der Waals surface area contributed by atoms with Gasteiger partial charge in [-0.3, -0.25) is 5.10 Å². The van der Waals surface area contributed by atoms with Gasteiger partial charge in [-0.25, -0.2) is 9.97 Å². The van der Waals surface area contributed by atoms with Crippen molar-refractivity contribution in [3.8, 4) is 11.5 Å². The SMILES string of the molecule is CC.Cc1nc(-c2nc[nH]c2C)n[nH]1. The lowest BCUT2D eigenvalue weighted by Crippen LogP contribution is -1.83. The maximum absolute atomic E-state index is 4.16. The summed E-state index contributed by atoms with van der Waals surface area (Å²) in [6.45, 7) is 7.80. The second kappa shape index (κ2) is 4.55. The molecule has 2 aromatic rings. The molecular formula is C9H15N5. The smallest absolute Gasteiger partial charge is 0.201 e. The standard InChI is InChI=1S/C7H9N5.C2H6/c1-4-6(9-3-8-4)7-10-5(2)11-12-7;1-2/h3H,1-2H3,(H,8,9)(H,10,11,12);1-2H3. The zero-order valence-corrected chi connectivity index (χ0v) is 8.92. The molecule has 0 aliphatic heterocycles. The van der Waals surface area contributed by atoms with Crippen molar-refractivity contribution in [3.63, 3.8) is 0 Å². The van der Waals surface area contributed by atoms with Gasteiger partial charge < -0.3 is 4.98 Å². The maximum atomic E-state index is 4.16. The predicted octanol–water partition coefficient (Wildman–Crippen LogP) is 1.84. The van der Waals surface area contributed by atoms with Crippen LogP contribution in [0.1, 0.15) is 25.4 Å². The zero-order valence-electron chi connectivity index (χ0n) is 8.92. The molecule has 0 aromatic carbocycles. The molecule has 0 atom stereocenters. The number of aromatic nitrogens is 5. The minimum Gasteiger partial charge on any atom is -0.348 e. The molecule has 14 heavy (non-hydrogen) atoms. The van der Waals surface area contributed by atoms with Crippen molar-refractivity contribution in [2.75, 3.05) is 0 Å². The van der Waals surface area contributed by atoms with E-state index in [-0.39, 0.29) is 0 Å². The highest BCUT2D eigenvalue weighted by Crippen LogP contribution is 2.13. The number of nitrogens with one attached hydrogen (secondary N) is 2. The van der Waals surface area contributed by atoms with E-state index < -0.39 is 0 Å². The Bertz CT molecular complexity index is 387. The molecule has 0 bridgehead atoms. The van der Waals surface area contributed by atoms with Crippen LogP contribution in [0.4, 0.5) is 0 Å². The van der Waals surface area contributed by atoms with Gasteiger partial charge in [0.25, 0.3) is 0 Å². The summed E-state index contributed by atoms with van der Waals surface area (Å²) in [5.74, 6) is 1.44. The van der Waals surface area contributed by atoms with Gasteiger partial charge in [0.15, 0.2) is 0 Å². The highest BCUT2D eigenvalue weighted by Gasteiger charge is 2.08. The highest BCUT2D eigenvalue weighted by molar-refractivity contribution is 5.51. The number of hydrogen-bond donors (Lipinski definition) is 2.